The molecule has 1 rings (SSSR count). The van der Waals surface area contributed by atoms with Crippen LogP contribution in [0.1, 0.15) is 10.4 Å². The number of imide groups is 1. The predicted molar refractivity (Wildman–Crippen MR) is 39.1 cm³/mol. The highest BCUT2D eigenvalue weighted by atomic mass is 16.2. The van der Waals surface area contributed by atoms with Crippen molar-refractivity contribution in [3.05, 3.63) is 24.0 Å². The van der Waals surface area contributed by atoms with Gasteiger partial charge in [0.1, 0.15) is 0 Å². The predicted octanol–water partition coefficient (Wildman–Crippen LogP) is -0.715. The average Bonchev–Trinajstić information content (AvgIpc) is 2.05. The lowest BCUT2D eigenvalue weighted by atomic mass is 10.3. The molecule has 0 saturated carbocycles. The van der Waals surface area contributed by atoms with Crippen LogP contribution in [0.25, 0.3) is 0 Å². The number of nitrogens with two attached hydrogens (primary N) is 1. The Balaban J connectivity index is 2.73. The van der Waals surface area contributed by atoms with E-state index < -0.39 is 11.9 Å². The number of nitrogens with zero attached hydrogens (tertiary/aromatic N) is 2. The molecule has 3 amide bonds. The summed E-state index contributed by atoms with van der Waals surface area (Å²) in [6, 6.07) is 0.530. The molecule has 0 aliphatic rings. The molecule has 0 atom stereocenters. The minimum Gasteiger partial charge on any atom is -0.351 e. The molecule has 0 unspecified atom stereocenters. The highest BCUT2D eigenvalue weighted by Gasteiger charge is 2.06. The van der Waals surface area contributed by atoms with E-state index >= 15 is 0 Å². The van der Waals surface area contributed by atoms with Crippen molar-refractivity contribution in [1.82, 2.24) is 15.5 Å². The van der Waals surface area contributed by atoms with Crippen LogP contribution in [-0.4, -0.2) is 22.1 Å². The van der Waals surface area contributed by atoms with E-state index in [-0.39, 0.29) is 5.56 Å². The number of nitrogens with one attached hydrogen (secondary N) is 1. The number of urea groups is 1. The molecule has 12 heavy (non-hydrogen) atoms. The van der Waals surface area contributed by atoms with Gasteiger partial charge in [-0.05, 0) is 6.07 Å². The van der Waals surface area contributed by atoms with Gasteiger partial charge in [-0.25, -0.2) is 4.79 Å². The van der Waals surface area contributed by atoms with E-state index in [2.05, 4.69) is 10.2 Å². The number of carbonyl (C=O) groups excluding carboxylic acids is 2. The highest BCUT2D eigenvalue weighted by Crippen LogP contribution is 1.92. The number of primary amides is 1. The van der Waals surface area contributed by atoms with E-state index in [0.29, 0.717) is 0 Å². The summed E-state index contributed by atoms with van der Waals surface area (Å²) in [5.41, 5.74) is 4.96. The monoisotopic (exact) mass is 166 g/mol. The van der Waals surface area contributed by atoms with Crippen molar-refractivity contribution in [2.45, 2.75) is 0 Å². The maximum Gasteiger partial charge on any atom is 0.319 e. The molecule has 0 aromatic carbocycles. The summed E-state index contributed by atoms with van der Waals surface area (Å²) in [4.78, 5) is 21.2. The van der Waals surface area contributed by atoms with Crippen molar-refractivity contribution in [2.24, 2.45) is 5.73 Å². The van der Waals surface area contributed by atoms with Crippen molar-refractivity contribution in [3.8, 4) is 0 Å². The Morgan fingerprint density at radius 2 is 2.17 bits per heavy atom. The van der Waals surface area contributed by atoms with Gasteiger partial charge in [-0.3, -0.25) is 10.1 Å². The van der Waals surface area contributed by atoms with Gasteiger partial charge in [0.25, 0.3) is 5.91 Å². The fraction of sp³-hybridized carbons (Fsp3) is 0. The highest BCUT2D eigenvalue weighted by molar-refractivity contribution is 6.03. The minimum atomic E-state index is -0.892. The second-order valence-corrected chi connectivity index (χ2v) is 1.95. The third-order valence-electron chi connectivity index (χ3n) is 1.08. The van der Waals surface area contributed by atoms with Crippen LogP contribution < -0.4 is 11.1 Å². The number of amides is 3. The van der Waals surface area contributed by atoms with Crippen molar-refractivity contribution in [2.75, 3.05) is 0 Å². The largest absolute Gasteiger partial charge is 0.351 e. The van der Waals surface area contributed by atoms with E-state index in [1.54, 1.807) is 0 Å². The molecule has 0 aliphatic carbocycles. The van der Waals surface area contributed by atoms with Crippen LogP contribution in [0.3, 0.4) is 0 Å². The molecule has 0 spiro atoms. The van der Waals surface area contributed by atoms with Gasteiger partial charge in [0, 0.05) is 0 Å². The van der Waals surface area contributed by atoms with Crippen LogP contribution >= 0.6 is 0 Å². The Bertz CT molecular complexity index is 298. The SMILES string of the molecule is NC(=O)NC(=O)c1ccnnc1. The second-order valence-electron chi connectivity index (χ2n) is 1.95. The van der Waals surface area contributed by atoms with Gasteiger partial charge in [0.05, 0.1) is 18.0 Å². The summed E-state index contributed by atoms with van der Waals surface area (Å²) in [6.45, 7) is 0. The molecule has 6 heteroatoms. The van der Waals surface area contributed by atoms with Crippen molar-refractivity contribution < 1.29 is 9.59 Å². The molecule has 1 heterocycles. The van der Waals surface area contributed by atoms with Gasteiger partial charge in [-0.15, -0.1) is 0 Å². The van der Waals surface area contributed by atoms with Crippen LogP contribution in [0.4, 0.5) is 4.79 Å². The summed E-state index contributed by atoms with van der Waals surface area (Å²) in [5.74, 6) is -0.586. The third kappa shape index (κ3) is 2.01. The Labute approximate surface area is 67.8 Å². The summed E-state index contributed by atoms with van der Waals surface area (Å²) < 4.78 is 0. The Kier molecular flexibility index (Phi) is 2.32. The van der Waals surface area contributed by atoms with E-state index in [4.69, 9.17) is 5.73 Å². The molecule has 0 fully saturated rings. The summed E-state index contributed by atoms with van der Waals surface area (Å²) in [7, 11) is 0. The Morgan fingerprint density at radius 3 is 2.67 bits per heavy atom. The Hall–Kier alpha value is -1.98. The van der Waals surface area contributed by atoms with Gasteiger partial charge < -0.3 is 5.73 Å². The van der Waals surface area contributed by atoms with Crippen LogP contribution in [0, 0.1) is 0 Å². The first-order valence-electron chi connectivity index (χ1n) is 3.07. The van der Waals surface area contributed by atoms with Crippen LogP contribution in [-0.2, 0) is 0 Å². The molecule has 0 aliphatic heterocycles. The lowest BCUT2D eigenvalue weighted by molar-refractivity contribution is 0.0965. The van der Waals surface area contributed by atoms with Crippen molar-refractivity contribution in [1.29, 1.82) is 0 Å². The second kappa shape index (κ2) is 3.42. The zero-order chi connectivity index (χ0) is 8.97. The third-order valence-corrected chi connectivity index (χ3v) is 1.08. The Morgan fingerprint density at radius 1 is 1.42 bits per heavy atom. The normalized spacial score (nSPS) is 9.00. The van der Waals surface area contributed by atoms with E-state index in [1.807, 2.05) is 5.32 Å². The average molecular weight is 166 g/mol. The van der Waals surface area contributed by atoms with Gasteiger partial charge in [-0.2, -0.15) is 10.2 Å². The van der Waals surface area contributed by atoms with Crippen molar-refractivity contribution >= 4 is 11.9 Å². The number of hydrogen-bond acceptors (Lipinski definition) is 4. The molecule has 3 N–H and O–H groups in total. The first kappa shape index (κ1) is 8.12. The minimum absolute atomic E-state index is 0.240. The molecule has 0 bridgehead atoms. The zero-order valence-corrected chi connectivity index (χ0v) is 6.02. The zero-order valence-electron chi connectivity index (χ0n) is 6.02. The molecule has 0 saturated heterocycles. The first-order chi connectivity index (χ1) is 5.70. The van der Waals surface area contributed by atoms with E-state index in [0.717, 1.165) is 0 Å². The van der Waals surface area contributed by atoms with Gasteiger partial charge >= 0.3 is 6.03 Å². The number of rotatable bonds is 1. The molecule has 0 radical (unpaired) electrons. The first-order valence-corrected chi connectivity index (χ1v) is 3.07. The lowest BCUT2D eigenvalue weighted by Gasteiger charge is -1.97. The van der Waals surface area contributed by atoms with Crippen LogP contribution in [0.5, 0.6) is 0 Å². The van der Waals surface area contributed by atoms with E-state index in [9.17, 15) is 9.59 Å². The van der Waals surface area contributed by atoms with Gasteiger partial charge in [0.15, 0.2) is 0 Å². The lowest BCUT2D eigenvalue weighted by Crippen LogP contribution is -2.34. The van der Waals surface area contributed by atoms with Gasteiger partial charge in [0.2, 0.25) is 0 Å². The maximum atomic E-state index is 11.0. The fourth-order valence-corrected chi connectivity index (χ4v) is 0.609. The summed E-state index contributed by atoms with van der Waals surface area (Å²) >= 11 is 0. The number of hydrogen-bond donors (Lipinski definition) is 2. The maximum absolute atomic E-state index is 11.0. The smallest absolute Gasteiger partial charge is 0.319 e. The number of aromatic nitrogens is 2. The number of carbonyl (C=O) groups is 2. The molecular weight excluding hydrogens is 160 g/mol. The molecule has 1 aromatic rings. The molecular formula is C6H6N4O2. The summed E-state index contributed by atoms with van der Waals surface area (Å²) in [6.07, 6.45) is 2.58. The van der Waals surface area contributed by atoms with Crippen LogP contribution in [0.2, 0.25) is 0 Å². The summed E-state index contributed by atoms with van der Waals surface area (Å²) in [5, 5.41) is 8.80. The van der Waals surface area contributed by atoms with Crippen LogP contribution in [0.15, 0.2) is 18.5 Å². The topological polar surface area (TPSA) is 98.0 Å². The van der Waals surface area contributed by atoms with E-state index in [1.165, 1.54) is 18.5 Å². The quantitative estimate of drug-likeness (QED) is 0.575. The standard InChI is InChI=1S/C6H6N4O2/c7-6(12)10-5(11)4-1-2-8-9-3-4/h1-3H,(H3,7,10,11,12). The van der Waals surface area contributed by atoms with Crippen molar-refractivity contribution in [3.63, 3.8) is 0 Å². The molecule has 62 valence electrons. The fourth-order valence-electron chi connectivity index (χ4n) is 0.609. The molecule has 1 aromatic heterocycles. The van der Waals surface area contributed by atoms with Gasteiger partial charge in [-0.1, -0.05) is 0 Å². The molecule has 6 nitrogen and oxygen atoms in total.